The summed E-state index contributed by atoms with van der Waals surface area (Å²) in [6.07, 6.45) is 2.94. The van der Waals surface area contributed by atoms with E-state index in [1.54, 1.807) is 6.07 Å². The molecule has 2 aromatic carbocycles. The fraction of sp³-hybridized carbons (Fsp3) is 0.318. The van der Waals surface area contributed by atoms with Crippen molar-refractivity contribution >= 4 is 22.8 Å². The molecule has 4 rings (SSSR count). The molecule has 0 amide bonds. The van der Waals surface area contributed by atoms with E-state index in [0.29, 0.717) is 30.2 Å². The molecule has 1 aliphatic heterocycles. The third kappa shape index (κ3) is 3.64. The number of nitrogens with zero attached hydrogens (tertiary/aromatic N) is 1. The van der Waals surface area contributed by atoms with Crippen LogP contribution in [0, 0.1) is 17.0 Å². The first-order valence-electron chi connectivity index (χ1n) is 9.57. The molecule has 0 unspecified atom stereocenters. The Morgan fingerprint density at radius 1 is 1.07 bits per heavy atom. The molecule has 148 valence electrons. The summed E-state index contributed by atoms with van der Waals surface area (Å²) in [5.74, 6) is -1.50. The Morgan fingerprint density at radius 3 is 2.43 bits per heavy atom. The molecule has 0 aliphatic carbocycles. The number of nitrogen functional groups attached to an aromatic ring is 1. The molecular weight excluding hydrogens is 360 g/mol. The molecule has 2 heterocycles. The summed E-state index contributed by atoms with van der Waals surface area (Å²) < 4.78 is 34.7. The molecule has 1 aromatic heterocycles. The number of hydrogen-bond acceptors (Lipinski definition) is 3. The van der Waals surface area contributed by atoms with Crippen LogP contribution < -0.4 is 5.73 Å². The van der Waals surface area contributed by atoms with Crippen LogP contribution in [0.15, 0.2) is 36.4 Å². The molecule has 1 fully saturated rings. The van der Waals surface area contributed by atoms with Crippen molar-refractivity contribution in [1.82, 2.24) is 4.57 Å². The Kier molecular flexibility index (Phi) is 6.09. The van der Waals surface area contributed by atoms with Crippen molar-refractivity contribution in [3.8, 4) is 5.69 Å². The van der Waals surface area contributed by atoms with E-state index in [1.807, 2.05) is 30.5 Å². The van der Waals surface area contributed by atoms with Crippen LogP contribution in [0.2, 0.25) is 0 Å². The average molecular weight is 385 g/mol. The Bertz CT molecular complexity index is 991. The van der Waals surface area contributed by atoms with Gasteiger partial charge in [0.2, 0.25) is 0 Å². The Morgan fingerprint density at radius 2 is 1.79 bits per heavy atom. The summed E-state index contributed by atoms with van der Waals surface area (Å²) >= 11 is 0. The van der Waals surface area contributed by atoms with Crippen LogP contribution in [0.3, 0.4) is 0 Å². The fourth-order valence-electron chi connectivity index (χ4n) is 3.64. The van der Waals surface area contributed by atoms with E-state index in [0.717, 1.165) is 35.5 Å². The Labute approximate surface area is 163 Å². The number of ether oxygens (including phenoxy) is 1. The highest BCUT2D eigenvalue weighted by Crippen LogP contribution is 2.36. The molecule has 1 aliphatic rings. The second-order valence-electron chi connectivity index (χ2n) is 6.57. The monoisotopic (exact) mass is 385 g/mol. The van der Waals surface area contributed by atoms with Crippen molar-refractivity contribution in [2.24, 2.45) is 0 Å². The molecular formula is C22H25F2N3O. The molecule has 0 atom stereocenters. The van der Waals surface area contributed by atoms with Crippen LogP contribution in [0.1, 0.15) is 43.9 Å². The molecule has 6 heteroatoms. The lowest BCUT2D eigenvalue weighted by Gasteiger charge is -2.24. The number of fused-ring (bicyclic) bond motifs is 1. The average Bonchev–Trinajstić information content (AvgIpc) is 3.09. The molecule has 3 N–H and O–H groups in total. The van der Waals surface area contributed by atoms with Crippen molar-refractivity contribution in [1.29, 1.82) is 5.41 Å². The number of rotatable bonds is 3. The second kappa shape index (κ2) is 8.52. The minimum atomic E-state index is -0.884. The summed E-state index contributed by atoms with van der Waals surface area (Å²) in [6, 6.07) is 9.62. The number of anilines is 1. The van der Waals surface area contributed by atoms with Crippen molar-refractivity contribution in [3.05, 3.63) is 59.3 Å². The van der Waals surface area contributed by atoms with Crippen LogP contribution in [0.5, 0.6) is 0 Å². The molecule has 28 heavy (non-hydrogen) atoms. The van der Waals surface area contributed by atoms with Crippen molar-refractivity contribution in [2.75, 3.05) is 18.9 Å². The lowest BCUT2D eigenvalue weighted by atomic mass is 9.96. The number of aromatic nitrogens is 1. The summed E-state index contributed by atoms with van der Waals surface area (Å²) in [5, 5.41) is 8.48. The topological polar surface area (TPSA) is 64.0 Å². The van der Waals surface area contributed by atoms with Crippen LogP contribution in [-0.4, -0.2) is 24.0 Å². The van der Waals surface area contributed by atoms with Gasteiger partial charge in [-0.05, 0) is 43.2 Å². The van der Waals surface area contributed by atoms with Crippen LogP contribution in [0.4, 0.5) is 14.5 Å². The molecule has 0 bridgehead atoms. The molecule has 0 radical (unpaired) electrons. The lowest BCUT2D eigenvalue weighted by molar-refractivity contribution is 0.0842. The smallest absolute Gasteiger partial charge is 0.160 e. The van der Waals surface area contributed by atoms with Gasteiger partial charge in [0, 0.05) is 59.4 Å². The number of halogens is 2. The highest BCUT2D eigenvalue weighted by molar-refractivity contribution is 5.95. The number of nitrogens with one attached hydrogen (secondary N) is 1. The van der Waals surface area contributed by atoms with Gasteiger partial charge in [0.05, 0.1) is 5.52 Å². The van der Waals surface area contributed by atoms with Gasteiger partial charge >= 0.3 is 0 Å². The first-order valence-corrected chi connectivity index (χ1v) is 9.57. The highest BCUT2D eigenvalue weighted by atomic mass is 19.2. The first kappa shape index (κ1) is 20.0. The van der Waals surface area contributed by atoms with Crippen LogP contribution in [0.25, 0.3) is 16.6 Å². The Balaban J connectivity index is 0.00000109. The zero-order chi connectivity index (χ0) is 20.3. The number of nitrogens with two attached hydrogens (primary N) is 1. The van der Waals surface area contributed by atoms with Gasteiger partial charge in [0.1, 0.15) is 0 Å². The van der Waals surface area contributed by atoms with E-state index < -0.39 is 11.6 Å². The van der Waals surface area contributed by atoms with Crippen molar-refractivity contribution < 1.29 is 13.5 Å². The third-order valence-electron chi connectivity index (χ3n) is 4.99. The summed E-state index contributed by atoms with van der Waals surface area (Å²) in [6.45, 7) is 5.36. The normalized spacial score (nSPS) is 14.6. The number of benzene rings is 2. The van der Waals surface area contributed by atoms with Crippen LogP contribution in [-0.2, 0) is 4.74 Å². The van der Waals surface area contributed by atoms with E-state index in [1.165, 1.54) is 12.3 Å². The molecule has 4 nitrogen and oxygen atoms in total. The summed E-state index contributed by atoms with van der Waals surface area (Å²) in [7, 11) is 0. The van der Waals surface area contributed by atoms with E-state index in [9.17, 15) is 8.78 Å². The van der Waals surface area contributed by atoms with Gasteiger partial charge in [-0.25, -0.2) is 8.78 Å². The van der Waals surface area contributed by atoms with Gasteiger partial charge in [0.15, 0.2) is 11.6 Å². The van der Waals surface area contributed by atoms with Gasteiger partial charge in [0.25, 0.3) is 0 Å². The van der Waals surface area contributed by atoms with Gasteiger partial charge in [-0.15, -0.1) is 0 Å². The quantitative estimate of drug-likeness (QED) is 0.468. The Hall–Kier alpha value is -2.73. The summed E-state index contributed by atoms with van der Waals surface area (Å²) in [5.41, 5.74) is 9.55. The fourth-order valence-corrected chi connectivity index (χ4v) is 3.64. The summed E-state index contributed by atoms with van der Waals surface area (Å²) in [4.78, 5) is 0. The van der Waals surface area contributed by atoms with Gasteiger partial charge in [-0.1, -0.05) is 13.8 Å². The number of hydrogen-bond donors (Lipinski definition) is 2. The predicted octanol–water partition coefficient (Wildman–Crippen LogP) is 5.41. The second-order valence-corrected chi connectivity index (χ2v) is 6.57. The van der Waals surface area contributed by atoms with E-state index in [2.05, 4.69) is 6.07 Å². The lowest BCUT2D eigenvalue weighted by Crippen LogP contribution is -2.16. The highest BCUT2D eigenvalue weighted by Gasteiger charge is 2.23. The van der Waals surface area contributed by atoms with Gasteiger partial charge in [-0.2, -0.15) is 0 Å². The maximum Gasteiger partial charge on any atom is 0.160 e. The van der Waals surface area contributed by atoms with Crippen molar-refractivity contribution in [3.63, 3.8) is 0 Å². The molecule has 0 saturated carbocycles. The minimum absolute atomic E-state index is 0.258. The maximum absolute atomic E-state index is 13.9. The van der Waals surface area contributed by atoms with Gasteiger partial charge < -0.3 is 20.4 Å². The van der Waals surface area contributed by atoms with E-state index in [4.69, 9.17) is 15.9 Å². The van der Waals surface area contributed by atoms with E-state index >= 15 is 0 Å². The predicted molar refractivity (Wildman–Crippen MR) is 110 cm³/mol. The molecule has 0 spiro atoms. The standard InChI is InChI=1S/C20H19F2N3O.C2H6/c21-16-2-1-15(10-17(16)22)25-19(12-3-5-26-6-4-12)8-13-7-18(24)14(11-23)9-20(13)25;1-2/h1-2,7-12,23H,3-6,24H2;1-2H3. The largest absolute Gasteiger partial charge is 0.398 e. The third-order valence-corrected chi connectivity index (χ3v) is 4.99. The minimum Gasteiger partial charge on any atom is -0.398 e. The zero-order valence-electron chi connectivity index (χ0n) is 16.1. The first-order chi connectivity index (χ1) is 13.6. The van der Waals surface area contributed by atoms with E-state index in [-0.39, 0.29) is 5.92 Å². The maximum atomic E-state index is 13.9. The molecule has 3 aromatic rings. The molecule has 1 saturated heterocycles. The zero-order valence-corrected chi connectivity index (χ0v) is 16.1. The van der Waals surface area contributed by atoms with Crippen molar-refractivity contribution in [2.45, 2.75) is 32.6 Å². The van der Waals surface area contributed by atoms with Crippen LogP contribution >= 0.6 is 0 Å². The SMILES string of the molecule is CC.N=Cc1cc2c(cc1N)cc(C1CCOCC1)n2-c1ccc(F)c(F)c1. The van der Waals surface area contributed by atoms with Gasteiger partial charge in [-0.3, -0.25) is 0 Å².